The zero-order valence-corrected chi connectivity index (χ0v) is 9.96. The summed E-state index contributed by atoms with van der Waals surface area (Å²) in [6.07, 6.45) is 0. The second-order valence-corrected chi connectivity index (χ2v) is 4.05. The molecule has 0 saturated carbocycles. The maximum atomic E-state index is 13.0. The zero-order chi connectivity index (χ0) is 12.3. The summed E-state index contributed by atoms with van der Waals surface area (Å²) in [5, 5.41) is 7.20. The van der Waals surface area contributed by atoms with E-state index in [0.717, 1.165) is 5.56 Å². The van der Waals surface area contributed by atoms with Gasteiger partial charge in [0.15, 0.2) is 5.82 Å². The highest BCUT2D eigenvalue weighted by atomic mass is 35.5. The molecule has 90 valence electrons. The first kappa shape index (κ1) is 12.0. The topological polar surface area (TPSA) is 51.0 Å². The second kappa shape index (κ2) is 5.25. The summed E-state index contributed by atoms with van der Waals surface area (Å²) in [5.41, 5.74) is 0.773. The number of aryl methyl sites for hydroxylation is 1. The molecule has 0 spiro atoms. The van der Waals surface area contributed by atoms with Crippen molar-refractivity contribution in [2.24, 2.45) is 0 Å². The lowest BCUT2D eigenvalue weighted by atomic mass is 10.2. The average Bonchev–Trinajstić information content (AvgIpc) is 2.63. The SMILES string of the molecule is Cc1nc(CNCc2cc(F)cc(Cl)c2)no1. The molecule has 0 aliphatic heterocycles. The fourth-order valence-electron chi connectivity index (χ4n) is 1.44. The van der Waals surface area contributed by atoms with Gasteiger partial charge in [0.25, 0.3) is 0 Å². The molecule has 1 heterocycles. The second-order valence-electron chi connectivity index (χ2n) is 3.61. The highest BCUT2D eigenvalue weighted by Crippen LogP contribution is 2.13. The molecular formula is C11H11ClFN3O. The lowest BCUT2D eigenvalue weighted by molar-refractivity contribution is 0.385. The molecule has 0 aliphatic rings. The minimum absolute atomic E-state index is 0.343. The van der Waals surface area contributed by atoms with Crippen LogP contribution >= 0.6 is 11.6 Å². The Kier molecular flexibility index (Phi) is 3.71. The van der Waals surface area contributed by atoms with Crippen LogP contribution in [0.15, 0.2) is 22.7 Å². The van der Waals surface area contributed by atoms with Crippen LogP contribution in [0.3, 0.4) is 0 Å². The minimum Gasteiger partial charge on any atom is -0.340 e. The van der Waals surface area contributed by atoms with Crippen molar-refractivity contribution in [1.29, 1.82) is 0 Å². The van der Waals surface area contributed by atoms with E-state index in [0.29, 0.717) is 29.8 Å². The van der Waals surface area contributed by atoms with E-state index in [2.05, 4.69) is 15.5 Å². The molecule has 1 aromatic carbocycles. The van der Waals surface area contributed by atoms with Gasteiger partial charge in [-0.3, -0.25) is 0 Å². The lowest BCUT2D eigenvalue weighted by Gasteiger charge is -2.03. The van der Waals surface area contributed by atoms with Crippen LogP contribution in [0.2, 0.25) is 5.02 Å². The fraction of sp³-hybridized carbons (Fsp3) is 0.273. The van der Waals surface area contributed by atoms with E-state index in [1.165, 1.54) is 12.1 Å². The fourth-order valence-corrected chi connectivity index (χ4v) is 1.69. The molecule has 6 heteroatoms. The van der Waals surface area contributed by atoms with Crippen molar-refractivity contribution in [3.63, 3.8) is 0 Å². The molecule has 1 aromatic heterocycles. The Morgan fingerprint density at radius 1 is 1.35 bits per heavy atom. The van der Waals surface area contributed by atoms with Crippen LogP contribution in [-0.4, -0.2) is 10.1 Å². The number of hydrogen-bond donors (Lipinski definition) is 1. The summed E-state index contributed by atoms with van der Waals surface area (Å²) in [6.45, 7) is 2.68. The van der Waals surface area contributed by atoms with Gasteiger partial charge in [0.2, 0.25) is 5.89 Å². The molecular weight excluding hydrogens is 245 g/mol. The van der Waals surface area contributed by atoms with Crippen molar-refractivity contribution in [3.8, 4) is 0 Å². The van der Waals surface area contributed by atoms with Crippen molar-refractivity contribution >= 4 is 11.6 Å². The highest BCUT2D eigenvalue weighted by molar-refractivity contribution is 6.30. The Bertz CT molecular complexity index is 495. The molecule has 2 rings (SSSR count). The quantitative estimate of drug-likeness (QED) is 0.912. The number of nitrogens with zero attached hydrogens (tertiary/aromatic N) is 2. The largest absolute Gasteiger partial charge is 0.340 e. The third-order valence-corrected chi connectivity index (χ3v) is 2.32. The first-order valence-electron chi connectivity index (χ1n) is 5.08. The number of benzene rings is 1. The number of halogens is 2. The van der Waals surface area contributed by atoms with Crippen LogP contribution in [0, 0.1) is 12.7 Å². The third kappa shape index (κ3) is 3.51. The van der Waals surface area contributed by atoms with Crippen LogP contribution in [0.4, 0.5) is 4.39 Å². The molecule has 1 N–H and O–H groups in total. The van der Waals surface area contributed by atoms with Gasteiger partial charge in [-0.2, -0.15) is 4.98 Å². The number of rotatable bonds is 4. The minimum atomic E-state index is -0.343. The molecule has 0 amide bonds. The maximum absolute atomic E-state index is 13.0. The molecule has 0 unspecified atom stereocenters. The van der Waals surface area contributed by atoms with E-state index in [1.807, 2.05) is 0 Å². The Morgan fingerprint density at radius 3 is 2.82 bits per heavy atom. The number of hydrogen-bond acceptors (Lipinski definition) is 4. The van der Waals surface area contributed by atoms with Crippen LogP contribution in [0.1, 0.15) is 17.3 Å². The van der Waals surface area contributed by atoms with E-state index in [9.17, 15) is 4.39 Å². The van der Waals surface area contributed by atoms with Crippen molar-refractivity contribution in [3.05, 3.63) is 46.3 Å². The summed E-state index contributed by atoms with van der Waals surface area (Å²) in [4.78, 5) is 4.04. The van der Waals surface area contributed by atoms with Gasteiger partial charge in [0.1, 0.15) is 5.82 Å². The number of aromatic nitrogens is 2. The molecule has 2 aromatic rings. The monoisotopic (exact) mass is 255 g/mol. The molecule has 0 fully saturated rings. The van der Waals surface area contributed by atoms with Crippen LogP contribution in [0.5, 0.6) is 0 Å². The van der Waals surface area contributed by atoms with Gasteiger partial charge in [-0.1, -0.05) is 16.8 Å². The molecule has 17 heavy (non-hydrogen) atoms. The van der Waals surface area contributed by atoms with E-state index in [-0.39, 0.29) is 5.82 Å². The van der Waals surface area contributed by atoms with Crippen molar-refractivity contribution in [1.82, 2.24) is 15.5 Å². The lowest BCUT2D eigenvalue weighted by Crippen LogP contribution is -2.13. The molecule has 0 saturated heterocycles. The predicted molar refractivity (Wildman–Crippen MR) is 61.0 cm³/mol. The molecule has 0 radical (unpaired) electrons. The van der Waals surface area contributed by atoms with Gasteiger partial charge in [-0.05, 0) is 23.8 Å². The van der Waals surface area contributed by atoms with Gasteiger partial charge in [-0.25, -0.2) is 4.39 Å². The Labute approximate surface area is 103 Å². The van der Waals surface area contributed by atoms with Crippen molar-refractivity contribution in [2.45, 2.75) is 20.0 Å². The predicted octanol–water partition coefficient (Wildman–Crippen LogP) is 2.46. The van der Waals surface area contributed by atoms with Crippen LogP contribution in [0.25, 0.3) is 0 Å². The van der Waals surface area contributed by atoms with Gasteiger partial charge in [-0.15, -0.1) is 0 Å². The van der Waals surface area contributed by atoms with Gasteiger partial charge in [0.05, 0.1) is 6.54 Å². The van der Waals surface area contributed by atoms with Gasteiger partial charge in [0, 0.05) is 18.5 Å². The summed E-state index contributed by atoms with van der Waals surface area (Å²) < 4.78 is 17.9. The standard InChI is InChI=1S/C11H11ClFN3O/c1-7-15-11(16-17-7)6-14-5-8-2-9(12)4-10(13)3-8/h2-4,14H,5-6H2,1H3. The average molecular weight is 256 g/mol. The molecule has 0 aliphatic carbocycles. The molecule has 4 nitrogen and oxygen atoms in total. The summed E-state index contributed by atoms with van der Waals surface area (Å²) in [6, 6.07) is 4.41. The Balaban J connectivity index is 1.89. The van der Waals surface area contributed by atoms with Crippen LogP contribution < -0.4 is 5.32 Å². The van der Waals surface area contributed by atoms with Crippen molar-refractivity contribution < 1.29 is 8.91 Å². The third-order valence-electron chi connectivity index (χ3n) is 2.10. The van der Waals surface area contributed by atoms with Crippen LogP contribution in [-0.2, 0) is 13.1 Å². The zero-order valence-electron chi connectivity index (χ0n) is 9.20. The van der Waals surface area contributed by atoms with E-state index in [1.54, 1.807) is 13.0 Å². The van der Waals surface area contributed by atoms with E-state index < -0.39 is 0 Å². The Hall–Kier alpha value is -1.46. The first-order valence-corrected chi connectivity index (χ1v) is 5.46. The smallest absolute Gasteiger partial charge is 0.223 e. The number of nitrogens with one attached hydrogen (secondary N) is 1. The van der Waals surface area contributed by atoms with E-state index in [4.69, 9.17) is 16.1 Å². The molecule has 0 atom stereocenters. The van der Waals surface area contributed by atoms with Gasteiger partial charge >= 0.3 is 0 Å². The molecule has 0 bridgehead atoms. The highest BCUT2D eigenvalue weighted by Gasteiger charge is 2.02. The Morgan fingerprint density at radius 2 is 2.18 bits per heavy atom. The normalized spacial score (nSPS) is 10.8. The summed E-state index contributed by atoms with van der Waals surface area (Å²) in [5.74, 6) is 0.755. The summed E-state index contributed by atoms with van der Waals surface area (Å²) in [7, 11) is 0. The first-order chi connectivity index (χ1) is 8.13. The maximum Gasteiger partial charge on any atom is 0.223 e. The van der Waals surface area contributed by atoms with Gasteiger partial charge < -0.3 is 9.84 Å². The van der Waals surface area contributed by atoms with E-state index >= 15 is 0 Å². The summed E-state index contributed by atoms with van der Waals surface area (Å²) >= 11 is 5.74. The van der Waals surface area contributed by atoms with Crippen molar-refractivity contribution in [2.75, 3.05) is 0 Å².